The number of ketones is 2. The van der Waals surface area contributed by atoms with Gasteiger partial charge in [-0.25, -0.2) is 0 Å². The number of nitrogens with one attached hydrogen (secondary N) is 2. The van der Waals surface area contributed by atoms with E-state index in [9.17, 15) is 49.8 Å². The second-order valence-electron chi connectivity index (χ2n) is 12.8. The van der Waals surface area contributed by atoms with E-state index in [0.717, 1.165) is 12.8 Å². The van der Waals surface area contributed by atoms with E-state index in [1.807, 2.05) is 6.92 Å². The lowest BCUT2D eigenvalue weighted by Crippen LogP contribution is -2.68. The average Bonchev–Trinajstić information content (AvgIpc) is 3.02. The lowest BCUT2D eigenvalue weighted by molar-refractivity contribution is -0.162. The second kappa shape index (κ2) is 12.7. The summed E-state index contributed by atoms with van der Waals surface area (Å²) in [5.74, 6) is -10.7. The Bertz CT molecular complexity index is 1750. The first kappa shape index (κ1) is 34.6. The number of carbonyl (C=O) groups excluding carboxylic acids is 4. The molecule has 7 atom stereocenters. The average molecular weight is 665 g/mol. The Balaban J connectivity index is 1.59. The quantitative estimate of drug-likeness (QED) is 0.105. The number of rotatable bonds is 9. The van der Waals surface area contributed by atoms with Crippen LogP contribution >= 0.6 is 0 Å². The molecule has 0 spiro atoms. The number of aromatic hydroxyl groups is 2. The maximum Gasteiger partial charge on any atom is 0.255 e. The minimum Gasteiger partial charge on any atom is -0.510 e. The van der Waals surface area contributed by atoms with Crippen LogP contribution in [0.4, 0.5) is 5.69 Å². The number of phenols is 2. The zero-order chi connectivity index (χ0) is 35.4. The Morgan fingerprint density at radius 3 is 2.27 bits per heavy atom. The molecule has 14 heteroatoms. The number of likely N-dealkylation sites (N-methyl/N-ethyl adjacent to an activating group) is 1. The van der Waals surface area contributed by atoms with Crippen LogP contribution in [0.25, 0.3) is 0 Å². The molecule has 6 unspecified atom stereocenters. The van der Waals surface area contributed by atoms with Crippen molar-refractivity contribution in [3.8, 4) is 11.5 Å². The third kappa shape index (κ3) is 5.21. The molecule has 2 amide bonds. The summed E-state index contributed by atoms with van der Waals surface area (Å²) < 4.78 is 0. The van der Waals surface area contributed by atoms with Crippen LogP contribution in [0.5, 0.6) is 11.5 Å². The molecule has 2 aromatic carbocycles. The van der Waals surface area contributed by atoms with Gasteiger partial charge in [0.2, 0.25) is 11.7 Å². The molecule has 0 radical (unpaired) electrons. The van der Waals surface area contributed by atoms with E-state index >= 15 is 0 Å². The molecular formula is C34H40N4O10. The van der Waals surface area contributed by atoms with E-state index in [4.69, 9.17) is 5.73 Å². The molecule has 2 aromatic rings. The maximum absolute atomic E-state index is 14.2. The number of aliphatic hydroxyl groups is 4. The van der Waals surface area contributed by atoms with Gasteiger partial charge >= 0.3 is 0 Å². The zero-order valence-electron chi connectivity index (χ0n) is 26.9. The molecule has 3 aliphatic rings. The lowest BCUT2D eigenvalue weighted by Gasteiger charge is -2.53. The molecule has 0 heterocycles. The first-order valence-electron chi connectivity index (χ1n) is 15.6. The summed E-state index contributed by atoms with van der Waals surface area (Å²) in [7, 11) is 2.92. The van der Waals surface area contributed by atoms with Gasteiger partial charge in [-0.15, -0.1) is 0 Å². The van der Waals surface area contributed by atoms with Crippen molar-refractivity contribution in [2.75, 3.05) is 26.0 Å². The normalized spacial score (nSPS) is 27.4. The molecule has 256 valence electrons. The lowest BCUT2D eigenvalue weighted by atomic mass is 9.55. The largest absolute Gasteiger partial charge is 0.510 e. The second-order valence-corrected chi connectivity index (χ2v) is 12.8. The van der Waals surface area contributed by atoms with Gasteiger partial charge in [-0.05, 0) is 62.3 Å². The van der Waals surface area contributed by atoms with E-state index in [1.165, 1.54) is 43.3 Å². The highest BCUT2D eigenvalue weighted by molar-refractivity contribution is 6.25. The fraction of sp³-hybridized carbons (Fsp3) is 0.412. The van der Waals surface area contributed by atoms with Gasteiger partial charge in [0, 0.05) is 11.5 Å². The van der Waals surface area contributed by atoms with Crippen molar-refractivity contribution < 1.29 is 49.8 Å². The van der Waals surface area contributed by atoms with Gasteiger partial charge in [0.15, 0.2) is 17.1 Å². The summed E-state index contributed by atoms with van der Waals surface area (Å²) in [5.41, 5.74) is 1.13. The summed E-state index contributed by atoms with van der Waals surface area (Å²) in [4.78, 5) is 54.9. The van der Waals surface area contributed by atoms with Gasteiger partial charge in [-0.1, -0.05) is 38.5 Å². The van der Waals surface area contributed by atoms with Crippen molar-refractivity contribution in [1.29, 1.82) is 0 Å². The number of nitrogens with two attached hydrogens (primary N) is 1. The first-order valence-corrected chi connectivity index (χ1v) is 15.6. The number of anilines is 1. The maximum atomic E-state index is 14.2. The molecule has 0 fully saturated rings. The van der Waals surface area contributed by atoms with Crippen molar-refractivity contribution in [1.82, 2.24) is 10.2 Å². The summed E-state index contributed by atoms with van der Waals surface area (Å²) in [6, 6.07) is 6.64. The van der Waals surface area contributed by atoms with Crippen LogP contribution < -0.4 is 16.4 Å². The number of unbranched alkanes of at least 4 members (excludes halogenated alkanes) is 1. The standard InChI is InChI=1S/C34H40N4O10/c1-5-6-13-36-24(15-7-9-16(39)10-8-15)33(47)37-18-12-11-17-14(2)19-21(27(41)20(17)26(18)40)30(44)34(48)23(28(19)42)25(38(3)4)29(43)22(31(34)45)32(35)46/h7-12,14,19,23-25,28,36,39-40,42-44,48H,5-6,13H2,1-4H3,(H2,35,46)(H,37,47)/t14?,19?,23?,24?,25-,28?,34?/m0/s1. The van der Waals surface area contributed by atoms with Crippen LogP contribution in [0.2, 0.25) is 0 Å². The fourth-order valence-electron chi connectivity index (χ4n) is 7.38. The highest BCUT2D eigenvalue weighted by Gasteiger charge is 2.67. The smallest absolute Gasteiger partial charge is 0.255 e. The summed E-state index contributed by atoms with van der Waals surface area (Å²) in [6.45, 7) is 4.09. The van der Waals surface area contributed by atoms with Crippen molar-refractivity contribution >= 4 is 29.1 Å². The molecule has 0 saturated heterocycles. The van der Waals surface area contributed by atoms with E-state index in [1.54, 1.807) is 19.1 Å². The Hall–Kier alpha value is -4.76. The monoisotopic (exact) mass is 664 g/mol. The van der Waals surface area contributed by atoms with Crippen molar-refractivity contribution in [2.45, 2.75) is 56.4 Å². The van der Waals surface area contributed by atoms with Gasteiger partial charge in [-0.3, -0.25) is 24.1 Å². The Labute approximate surface area is 276 Å². The van der Waals surface area contributed by atoms with E-state index in [2.05, 4.69) is 10.6 Å². The van der Waals surface area contributed by atoms with Gasteiger partial charge in [0.1, 0.15) is 28.9 Å². The van der Waals surface area contributed by atoms with E-state index < -0.39 is 93.3 Å². The zero-order valence-corrected chi connectivity index (χ0v) is 26.9. The van der Waals surface area contributed by atoms with Crippen molar-refractivity contribution in [3.63, 3.8) is 0 Å². The van der Waals surface area contributed by atoms with Crippen LogP contribution in [0.1, 0.15) is 60.1 Å². The van der Waals surface area contributed by atoms with Crippen molar-refractivity contribution in [2.24, 2.45) is 17.6 Å². The Morgan fingerprint density at radius 2 is 1.69 bits per heavy atom. The number of carbonyl (C=O) groups is 4. The SMILES string of the molecule is CCCCNC(C(=O)Nc1ccc2c(c1O)C(=O)C1=C(O)C3(O)C(=O)C(C(N)=O)=C(O)[C@@H](N(C)C)C3C(O)C1C2C)c1ccc(O)cc1. The third-order valence-corrected chi connectivity index (χ3v) is 9.76. The van der Waals surface area contributed by atoms with Gasteiger partial charge < -0.3 is 47.0 Å². The molecule has 3 aliphatic carbocycles. The van der Waals surface area contributed by atoms with E-state index in [0.29, 0.717) is 12.1 Å². The molecule has 5 rings (SSSR count). The van der Waals surface area contributed by atoms with Crippen molar-refractivity contribution in [3.05, 3.63) is 75.8 Å². The number of phenolic OH excluding ortho intramolecular Hbond substituents is 2. The number of nitrogens with zero attached hydrogens (tertiary/aromatic N) is 1. The van der Waals surface area contributed by atoms with Gasteiger partial charge in [-0.2, -0.15) is 0 Å². The van der Waals surface area contributed by atoms with E-state index in [-0.39, 0.29) is 22.6 Å². The Kier molecular flexibility index (Phi) is 9.14. The van der Waals surface area contributed by atoms with Crippen LogP contribution in [-0.4, -0.2) is 97.3 Å². The third-order valence-electron chi connectivity index (χ3n) is 9.76. The molecular weight excluding hydrogens is 624 g/mol. The number of amides is 2. The first-order chi connectivity index (χ1) is 22.6. The predicted octanol–water partition coefficient (Wildman–Crippen LogP) is 1.43. The number of hydrogen-bond acceptors (Lipinski definition) is 12. The highest BCUT2D eigenvalue weighted by Crippen LogP contribution is 2.56. The molecule has 0 aliphatic heterocycles. The number of hydrogen-bond donors (Lipinski definition) is 9. The van der Waals surface area contributed by atoms with Gasteiger partial charge in [0.05, 0.1) is 29.3 Å². The molecule has 10 N–H and O–H groups in total. The highest BCUT2D eigenvalue weighted by atomic mass is 16.4. The number of Topliss-reactive ketones (excluding diaryl/α,β-unsaturated/α-hetero) is 2. The van der Waals surface area contributed by atoms with Gasteiger partial charge in [0.25, 0.3) is 5.91 Å². The molecule has 14 nitrogen and oxygen atoms in total. The number of benzene rings is 2. The van der Waals surface area contributed by atoms with Crippen LogP contribution in [0.3, 0.4) is 0 Å². The minimum atomic E-state index is -3.04. The summed E-state index contributed by atoms with van der Waals surface area (Å²) in [6.07, 6.45) is -0.0897. The van der Waals surface area contributed by atoms with Crippen LogP contribution in [-0.2, 0) is 14.4 Å². The summed E-state index contributed by atoms with van der Waals surface area (Å²) >= 11 is 0. The molecule has 0 saturated carbocycles. The van der Waals surface area contributed by atoms with Crippen LogP contribution in [0, 0.1) is 11.8 Å². The predicted molar refractivity (Wildman–Crippen MR) is 172 cm³/mol. The number of aliphatic hydroxyl groups excluding tert-OH is 3. The summed E-state index contributed by atoms with van der Waals surface area (Å²) in [5, 5.41) is 73.1. The minimum absolute atomic E-state index is 0.0111. The number of fused-ring (bicyclic) bond motifs is 3. The molecule has 48 heavy (non-hydrogen) atoms. The number of primary amides is 1. The molecule has 0 bridgehead atoms. The fourth-order valence-corrected chi connectivity index (χ4v) is 7.38. The van der Waals surface area contributed by atoms with Crippen LogP contribution in [0.15, 0.2) is 59.1 Å². The Morgan fingerprint density at radius 1 is 1.04 bits per heavy atom. The molecule has 0 aromatic heterocycles. The topological polar surface area (TPSA) is 243 Å².